The first-order valence-corrected chi connectivity index (χ1v) is 14.9. The molecule has 1 saturated carbocycles. The van der Waals surface area contributed by atoms with E-state index in [0.29, 0.717) is 21.9 Å². The number of hydrogen-bond donors (Lipinski definition) is 2. The van der Waals surface area contributed by atoms with Crippen LogP contribution in [0.15, 0.2) is 29.3 Å². The number of H-pyrrole nitrogens is 1. The minimum atomic E-state index is -3.28. The van der Waals surface area contributed by atoms with Gasteiger partial charge in [0.2, 0.25) is 0 Å². The summed E-state index contributed by atoms with van der Waals surface area (Å²) in [5.74, 6) is 1.52. The van der Waals surface area contributed by atoms with Gasteiger partial charge in [-0.25, -0.2) is 18.4 Å². The number of hydrogen-bond acceptors (Lipinski definition) is 9. The minimum absolute atomic E-state index is 0.0576. The third kappa shape index (κ3) is 3.65. The molecule has 0 radical (unpaired) electrons. The molecule has 11 heteroatoms. The summed E-state index contributed by atoms with van der Waals surface area (Å²) in [4.78, 5) is 14.5. The van der Waals surface area contributed by atoms with Gasteiger partial charge in [-0.2, -0.15) is 5.10 Å². The summed E-state index contributed by atoms with van der Waals surface area (Å²) in [6.45, 7) is 5.27. The van der Waals surface area contributed by atoms with Gasteiger partial charge in [0.25, 0.3) is 0 Å². The van der Waals surface area contributed by atoms with E-state index in [-0.39, 0.29) is 22.8 Å². The van der Waals surface area contributed by atoms with Crippen molar-refractivity contribution in [3.8, 4) is 0 Å². The molecule has 2 saturated heterocycles. The van der Waals surface area contributed by atoms with Crippen molar-refractivity contribution in [1.82, 2.24) is 20.2 Å². The zero-order chi connectivity index (χ0) is 25.4. The first-order chi connectivity index (χ1) is 17.9. The molecule has 2 aromatic heterocycles. The van der Waals surface area contributed by atoms with E-state index >= 15 is 0 Å². The van der Waals surface area contributed by atoms with Crippen molar-refractivity contribution in [2.45, 2.75) is 67.7 Å². The van der Waals surface area contributed by atoms with E-state index in [9.17, 15) is 8.42 Å². The molecule has 3 aromatic rings. The molecular formula is C26H33N7O3S. The number of sulfone groups is 1. The van der Waals surface area contributed by atoms with Crippen molar-refractivity contribution in [1.29, 1.82) is 0 Å². The Labute approximate surface area is 216 Å². The first-order valence-electron chi connectivity index (χ1n) is 13.3. The van der Waals surface area contributed by atoms with Crippen LogP contribution in [0, 0.1) is 5.41 Å². The molecule has 2 atom stereocenters. The van der Waals surface area contributed by atoms with Crippen LogP contribution < -0.4 is 15.5 Å². The average molecular weight is 524 g/mol. The molecule has 10 nitrogen and oxygen atoms in total. The second kappa shape index (κ2) is 8.37. The van der Waals surface area contributed by atoms with Crippen molar-refractivity contribution < 1.29 is 13.2 Å². The highest BCUT2D eigenvalue weighted by Crippen LogP contribution is 2.43. The van der Waals surface area contributed by atoms with E-state index in [1.807, 2.05) is 18.3 Å². The largest absolute Gasteiger partial charge is 0.376 e. The number of nitrogens with two attached hydrogens (primary N) is 1. The van der Waals surface area contributed by atoms with E-state index in [2.05, 4.69) is 26.9 Å². The van der Waals surface area contributed by atoms with Crippen LogP contribution in [0.2, 0.25) is 0 Å². The number of rotatable bonds is 4. The van der Waals surface area contributed by atoms with Crippen LogP contribution in [0.25, 0.3) is 11.2 Å². The van der Waals surface area contributed by atoms with E-state index in [1.165, 1.54) is 0 Å². The van der Waals surface area contributed by atoms with Crippen LogP contribution in [0.3, 0.4) is 0 Å². The zero-order valence-corrected chi connectivity index (χ0v) is 21.9. The second-order valence-corrected chi connectivity index (χ2v) is 13.3. The number of piperidine rings is 1. The van der Waals surface area contributed by atoms with Crippen LogP contribution in [0.4, 0.5) is 17.3 Å². The molecular weight excluding hydrogens is 490 g/mol. The fraction of sp³-hybridized carbons (Fsp3) is 0.577. The van der Waals surface area contributed by atoms with E-state index in [1.54, 1.807) is 6.07 Å². The number of anilines is 3. The molecule has 7 rings (SSSR count). The molecule has 0 amide bonds. The fourth-order valence-electron chi connectivity index (χ4n) is 6.41. The van der Waals surface area contributed by atoms with Gasteiger partial charge in [-0.3, -0.25) is 5.10 Å². The van der Waals surface area contributed by atoms with Gasteiger partial charge < -0.3 is 20.3 Å². The van der Waals surface area contributed by atoms with Crippen molar-refractivity contribution in [2.75, 3.05) is 36.0 Å². The van der Waals surface area contributed by atoms with E-state index in [4.69, 9.17) is 20.4 Å². The highest BCUT2D eigenvalue weighted by atomic mass is 32.2. The molecule has 3 fully saturated rings. The van der Waals surface area contributed by atoms with Crippen LogP contribution in [-0.4, -0.2) is 72.2 Å². The van der Waals surface area contributed by atoms with E-state index in [0.717, 1.165) is 81.8 Å². The van der Waals surface area contributed by atoms with Gasteiger partial charge in [-0.1, -0.05) is 6.07 Å². The SMILES string of the molecule is C[C@@H]1OCC2(CCN(c3cnc4c(N5CCCc6c5cccc6S(=O)(=O)C5CC5)n[nH]c4n3)CC2)[C@@H]1N. The summed E-state index contributed by atoms with van der Waals surface area (Å²) in [6, 6.07) is 5.67. The summed E-state index contributed by atoms with van der Waals surface area (Å²) in [5, 5.41) is 7.45. The molecule has 1 aliphatic carbocycles. The monoisotopic (exact) mass is 523 g/mol. The lowest BCUT2D eigenvalue weighted by Gasteiger charge is -2.41. The standard InChI is InChI=1S/C26H33N7O3S/c1-16-23(27)26(15-36-16)9-12-32(13-10-26)21-14-28-22-24(29-21)30-31-25(22)33-11-3-4-18-19(33)5-2-6-20(18)37(34,35)17-7-8-17/h2,5-6,14,16-17,23H,3-4,7-13,15,27H2,1H3,(H,29,30,31)/t16-,23+/m0/s1. The van der Waals surface area contributed by atoms with Gasteiger partial charge in [0.1, 0.15) is 5.82 Å². The highest BCUT2D eigenvalue weighted by Gasteiger charge is 2.47. The lowest BCUT2D eigenvalue weighted by Crippen LogP contribution is -2.50. The Kier molecular flexibility index (Phi) is 5.29. The Morgan fingerprint density at radius 1 is 1.19 bits per heavy atom. The summed E-state index contributed by atoms with van der Waals surface area (Å²) in [7, 11) is -3.28. The third-order valence-electron chi connectivity index (χ3n) is 8.90. The molecule has 4 aliphatic rings. The maximum atomic E-state index is 13.1. The number of aromatic amines is 1. The average Bonchev–Trinajstić information content (AvgIpc) is 3.66. The molecule has 196 valence electrons. The second-order valence-electron chi connectivity index (χ2n) is 11.1. The molecule has 1 spiro atoms. The molecule has 3 aliphatic heterocycles. The molecule has 5 heterocycles. The Morgan fingerprint density at radius 3 is 2.73 bits per heavy atom. The maximum absolute atomic E-state index is 13.1. The van der Waals surface area contributed by atoms with Gasteiger partial charge in [-0.05, 0) is 63.1 Å². The minimum Gasteiger partial charge on any atom is -0.376 e. The smallest absolute Gasteiger partial charge is 0.183 e. The number of nitrogens with one attached hydrogen (secondary N) is 1. The first kappa shape index (κ1) is 23.4. The fourth-order valence-corrected chi connectivity index (χ4v) is 8.35. The maximum Gasteiger partial charge on any atom is 0.183 e. The Hall–Kier alpha value is -2.76. The van der Waals surface area contributed by atoms with Gasteiger partial charge in [0.05, 0.1) is 29.1 Å². The topological polar surface area (TPSA) is 130 Å². The quantitative estimate of drug-likeness (QED) is 0.530. The van der Waals surface area contributed by atoms with Crippen LogP contribution in [-0.2, 0) is 21.0 Å². The van der Waals surface area contributed by atoms with E-state index < -0.39 is 9.84 Å². The zero-order valence-electron chi connectivity index (χ0n) is 21.1. The number of fused-ring (bicyclic) bond motifs is 2. The Morgan fingerprint density at radius 2 is 2.00 bits per heavy atom. The van der Waals surface area contributed by atoms with Gasteiger partial charge in [0.15, 0.2) is 26.8 Å². The van der Waals surface area contributed by atoms with Gasteiger partial charge in [0, 0.05) is 36.8 Å². The van der Waals surface area contributed by atoms with Gasteiger partial charge >= 0.3 is 0 Å². The van der Waals surface area contributed by atoms with Crippen molar-refractivity contribution >= 4 is 38.3 Å². The number of ether oxygens (including phenoxy) is 1. The summed E-state index contributed by atoms with van der Waals surface area (Å²) >= 11 is 0. The Bertz CT molecular complexity index is 1460. The summed E-state index contributed by atoms with van der Waals surface area (Å²) in [6.07, 6.45) is 7.00. The molecule has 3 N–H and O–H groups in total. The number of nitrogens with zero attached hydrogens (tertiary/aromatic N) is 5. The lowest BCUT2D eigenvalue weighted by atomic mass is 9.73. The predicted molar refractivity (Wildman–Crippen MR) is 141 cm³/mol. The third-order valence-corrected chi connectivity index (χ3v) is 11.2. The van der Waals surface area contributed by atoms with Crippen molar-refractivity contribution in [3.05, 3.63) is 30.0 Å². The van der Waals surface area contributed by atoms with Gasteiger partial charge in [-0.15, -0.1) is 0 Å². The number of aromatic nitrogens is 4. The number of benzene rings is 1. The molecule has 0 unspecified atom stereocenters. The predicted octanol–water partition coefficient (Wildman–Crippen LogP) is 2.71. The summed E-state index contributed by atoms with van der Waals surface area (Å²) in [5.41, 5.74) is 9.67. The van der Waals surface area contributed by atoms with Crippen LogP contribution in [0.1, 0.15) is 44.6 Å². The van der Waals surface area contributed by atoms with Crippen molar-refractivity contribution in [2.24, 2.45) is 11.1 Å². The van der Waals surface area contributed by atoms with Crippen LogP contribution >= 0.6 is 0 Å². The summed E-state index contributed by atoms with van der Waals surface area (Å²) < 4.78 is 32.0. The Balaban J connectivity index is 1.17. The lowest BCUT2D eigenvalue weighted by molar-refractivity contribution is 0.0974. The molecule has 1 aromatic carbocycles. The normalized spacial score (nSPS) is 25.7. The highest BCUT2D eigenvalue weighted by molar-refractivity contribution is 7.92. The molecule has 0 bridgehead atoms. The van der Waals surface area contributed by atoms with Crippen LogP contribution in [0.5, 0.6) is 0 Å². The molecule has 37 heavy (non-hydrogen) atoms. The van der Waals surface area contributed by atoms with Crippen molar-refractivity contribution in [3.63, 3.8) is 0 Å².